The Bertz CT molecular complexity index is 320. The van der Waals surface area contributed by atoms with E-state index in [1.165, 1.54) is 0 Å². The van der Waals surface area contributed by atoms with E-state index in [1.54, 1.807) is 0 Å². The number of amides is 2. The van der Waals surface area contributed by atoms with E-state index in [1.807, 2.05) is 30.3 Å². The molecule has 94 valence electrons. The summed E-state index contributed by atoms with van der Waals surface area (Å²) >= 11 is 5.43. The Labute approximate surface area is 106 Å². The van der Waals surface area contributed by atoms with Gasteiger partial charge in [-0.05, 0) is 18.6 Å². The molecule has 1 aromatic rings. The molecule has 2 N–H and O–H groups in total. The number of rotatable bonds is 7. The molecular formula is C12H17ClN2O2. The number of nitrogens with one attached hydrogen (secondary N) is 2. The molecule has 0 radical (unpaired) electrons. The number of hydrogen-bond donors (Lipinski definition) is 2. The molecule has 2 amide bonds. The van der Waals surface area contributed by atoms with E-state index >= 15 is 0 Å². The second-order valence-electron chi connectivity index (χ2n) is 3.39. The number of halogens is 1. The van der Waals surface area contributed by atoms with Crippen LogP contribution in [0.1, 0.15) is 6.42 Å². The van der Waals surface area contributed by atoms with Gasteiger partial charge in [0.1, 0.15) is 5.75 Å². The van der Waals surface area contributed by atoms with Gasteiger partial charge in [-0.3, -0.25) is 0 Å². The first-order valence-electron chi connectivity index (χ1n) is 5.58. The van der Waals surface area contributed by atoms with Crippen molar-refractivity contribution in [2.45, 2.75) is 6.42 Å². The fourth-order valence-corrected chi connectivity index (χ4v) is 1.30. The summed E-state index contributed by atoms with van der Waals surface area (Å²) in [5.74, 6) is 1.27. The molecule has 0 fully saturated rings. The lowest BCUT2D eigenvalue weighted by Gasteiger charge is -2.07. The standard InChI is InChI=1S/C12H17ClN2O2/c13-7-9-15-12(16)14-8-4-10-17-11-5-2-1-3-6-11/h1-3,5-6H,4,7-10H2,(H2,14,15,16). The van der Waals surface area contributed by atoms with Gasteiger partial charge in [0, 0.05) is 19.0 Å². The average molecular weight is 257 g/mol. The molecule has 4 nitrogen and oxygen atoms in total. The van der Waals surface area contributed by atoms with Crippen molar-refractivity contribution in [2.24, 2.45) is 0 Å². The molecule has 0 aliphatic heterocycles. The molecule has 0 saturated heterocycles. The van der Waals surface area contributed by atoms with Gasteiger partial charge in [-0.1, -0.05) is 18.2 Å². The number of para-hydroxylation sites is 1. The minimum Gasteiger partial charge on any atom is -0.494 e. The van der Waals surface area contributed by atoms with E-state index < -0.39 is 0 Å². The van der Waals surface area contributed by atoms with Crippen LogP contribution in [0, 0.1) is 0 Å². The van der Waals surface area contributed by atoms with Crippen LogP contribution < -0.4 is 15.4 Å². The zero-order chi connectivity index (χ0) is 12.3. The number of ether oxygens (including phenoxy) is 1. The fraction of sp³-hybridized carbons (Fsp3) is 0.417. The maximum Gasteiger partial charge on any atom is 0.314 e. The number of carbonyl (C=O) groups is 1. The minimum absolute atomic E-state index is 0.189. The molecule has 0 spiro atoms. The monoisotopic (exact) mass is 256 g/mol. The lowest BCUT2D eigenvalue weighted by Crippen LogP contribution is -2.37. The predicted molar refractivity (Wildman–Crippen MR) is 68.7 cm³/mol. The number of hydrogen-bond acceptors (Lipinski definition) is 2. The van der Waals surface area contributed by atoms with Gasteiger partial charge in [-0.25, -0.2) is 4.79 Å². The molecule has 1 rings (SSSR count). The summed E-state index contributed by atoms with van der Waals surface area (Å²) in [6.07, 6.45) is 0.767. The normalized spacial score (nSPS) is 9.71. The zero-order valence-corrected chi connectivity index (χ0v) is 10.4. The van der Waals surface area contributed by atoms with Gasteiger partial charge in [-0.15, -0.1) is 11.6 Å². The summed E-state index contributed by atoms with van der Waals surface area (Å²) in [7, 11) is 0. The van der Waals surface area contributed by atoms with E-state index in [4.69, 9.17) is 16.3 Å². The minimum atomic E-state index is -0.189. The smallest absolute Gasteiger partial charge is 0.314 e. The van der Waals surface area contributed by atoms with E-state index in [0.717, 1.165) is 12.2 Å². The third kappa shape index (κ3) is 6.68. The Balaban J connectivity index is 1.99. The Morgan fingerprint density at radius 2 is 1.88 bits per heavy atom. The first-order valence-corrected chi connectivity index (χ1v) is 6.12. The third-order valence-electron chi connectivity index (χ3n) is 2.00. The highest BCUT2D eigenvalue weighted by Gasteiger charge is 1.97. The van der Waals surface area contributed by atoms with Gasteiger partial charge >= 0.3 is 6.03 Å². The van der Waals surface area contributed by atoms with Crippen LogP contribution in [0.3, 0.4) is 0 Å². The molecule has 5 heteroatoms. The van der Waals surface area contributed by atoms with Gasteiger partial charge in [0.15, 0.2) is 0 Å². The van der Waals surface area contributed by atoms with Crippen molar-refractivity contribution in [3.63, 3.8) is 0 Å². The first-order chi connectivity index (χ1) is 8.33. The second kappa shape index (κ2) is 8.70. The fourth-order valence-electron chi connectivity index (χ4n) is 1.20. The van der Waals surface area contributed by atoms with Crippen molar-refractivity contribution in [1.29, 1.82) is 0 Å². The second-order valence-corrected chi connectivity index (χ2v) is 3.76. The molecule has 1 aromatic carbocycles. The quantitative estimate of drug-likeness (QED) is 0.579. The van der Waals surface area contributed by atoms with Crippen molar-refractivity contribution < 1.29 is 9.53 Å². The Hall–Kier alpha value is -1.42. The highest BCUT2D eigenvalue weighted by molar-refractivity contribution is 6.18. The van der Waals surface area contributed by atoms with E-state index in [-0.39, 0.29) is 6.03 Å². The molecule has 0 bridgehead atoms. The van der Waals surface area contributed by atoms with Crippen molar-refractivity contribution in [2.75, 3.05) is 25.6 Å². The lowest BCUT2D eigenvalue weighted by molar-refractivity contribution is 0.239. The van der Waals surface area contributed by atoms with Crippen LogP contribution in [0.15, 0.2) is 30.3 Å². The van der Waals surface area contributed by atoms with Crippen LogP contribution in [0.25, 0.3) is 0 Å². The van der Waals surface area contributed by atoms with Crippen LogP contribution in [0.2, 0.25) is 0 Å². The molecule has 17 heavy (non-hydrogen) atoms. The maximum atomic E-state index is 11.1. The van der Waals surface area contributed by atoms with Crippen LogP contribution in [0.5, 0.6) is 5.75 Å². The van der Waals surface area contributed by atoms with Gasteiger partial charge in [0.05, 0.1) is 6.61 Å². The number of carbonyl (C=O) groups excluding carboxylic acids is 1. The molecule has 0 aliphatic rings. The molecule has 0 unspecified atom stereocenters. The molecule has 0 heterocycles. The highest BCUT2D eigenvalue weighted by atomic mass is 35.5. The Morgan fingerprint density at radius 1 is 1.18 bits per heavy atom. The summed E-state index contributed by atoms with van der Waals surface area (Å²) in [6.45, 7) is 1.65. The van der Waals surface area contributed by atoms with Crippen molar-refractivity contribution in [1.82, 2.24) is 10.6 Å². The highest BCUT2D eigenvalue weighted by Crippen LogP contribution is 2.07. The molecular weight excluding hydrogens is 240 g/mol. The third-order valence-corrected chi connectivity index (χ3v) is 2.19. The summed E-state index contributed by atoms with van der Waals surface area (Å²) in [5, 5.41) is 5.33. The SMILES string of the molecule is O=C(NCCCl)NCCCOc1ccccc1. The van der Waals surface area contributed by atoms with Crippen LogP contribution in [0.4, 0.5) is 4.79 Å². The van der Waals surface area contributed by atoms with Gasteiger partial charge in [0.25, 0.3) is 0 Å². The maximum absolute atomic E-state index is 11.1. The number of benzene rings is 1. The largest absolute Gasteiger partial charge is 0.494 e. The lowest BCUT2D eigenvalue weighted by atomic mass is 10.3. The molecule has 0 atom stereocenters. The summed E-state index contributed by atoms with van der Waals surface area (Å²) in [6, 6.07) is 9.40. The molecule has 0 aliphatic carbocycles. The summed E-state index contributed by atoms with van der Waals surface area (Å²) < 4.78 is 5.48. The molecule has 0 aromatic heterocycles. The van der Waals surface area contributed by atoms with Crippen molar-refractivity contribution >= 4 is 17.6 Å². The van der Waals surface area contributed by atoms with E-state index in [9.17, 15) is 4.79 Å². The van der Waals surface area contributed by atoms with Crippen molar-refractivity contribution in [3.8, 4) is 5.75 Å². The van der Waals surface area contributed by atoms with Crippen LogP contribution in [-0.4, -0.2) is 31.6 Å². The van der Waals surface area contributed by atoms with Crippen LogP contribution in [-0.2, 0) is 0 Å². The van der Waals surface area contributed by atoms with Crippen molar-refractivity contribution in [3.05, 3.63) is 30.3 Å². The van der Waals surface area contributed by atoms with E-state index in [2.05, 4.69) is 10.6 Å². The Morgan fingerprint density at radius 3 is 2.59 bits per heavy atom. The zero-order valence-electron chi connectivity index (χ0n) is 9.62. The van der Waals surface area contributed by atoms with E-state index in [0.29, 0.717) is 25.6 Å². The van der Waals surface area contributed by atoms with Gasteiger partial charge in [-0.2, -0.15) is 0 Å². The number of alkyl halides is 1. The van der Waals surface area contributed by atoms with Crippen LogP contribution >= 0.6 is 11.6 Å². The predicted octanol–water partition coefficient (Wildman–Crippen LogP) is 1.99. The van der Waals surface area contributed by atoms with Gasteiger partial charge in [0.2, 0.25) is 0 Å². The first kappa shape index (κ1) is 13.6. The Kier molecular flexibility index (Phi) is 6.98. The van der Waals surface area contributed by atoms with Gasteiger partial charge < -0.3 is 15.4 Å². The topological polar surface area (TPSA) is 50.4 Å². The average Bonchev–Trinajstić information content (AvgIpc) is 2.37. The summed E-state index contributed by atoms with van der Waals surface area (Å²) in [4.78, 5) is 11.1. The molecule has 0 saturated carbocycles. The number of urea groups is 1. The summed E-state index contributed by atoms with van der Waals surface area (Å²) in [5.41, 5.74) is 0.